The molecule has 0 N–H and O–H groups in total. The standard InChI is InChI=1S/C13H15BrO3/c14-12-6-3-4-10(8-15)13(12)17-9-11-5-1-2-7-16-11/h3-4,6,8,11H,1-2,5,7,9H2. The molecule has 0 amide bonds. The fourth-order valence-electron chi connectivity index (χ4n) is 1.89. The summed E-state index contributed by atoms with van der Waals surface area (Å²) < 4.78 is 12.1. The maximum atomic E-state index is 10.9. The summed E-state index contributed by atoms with van der Waals surface area (Å²) >= 11 is 3.39. The fraction of sp³-hybridized carbons (Fsp3) is 0.462. The number of carbonyl (C=O) groups excluding carboxylic acids is 1. The lowest BCUT2D eigenvalue weighted by Crippen LogP contribution is -2.26. The minimum atomic E-state index is 0.148. The molecular weight excluding hydrogens is 284 g/mol. The highest BCUT2D eigenvalue weighted by molar-refractivity contribution is 9.10. The smallest absolute Gasteiger partial charge is 0.153 e. The van der Waals surface area contributed by atoms with Crippen LogP contribution >= 0.6 is 15.9 Å². The molecule has 1 saturated heterocycles. The average Bonchev–Trinajstić information content (AvgIpc) is 2.38. The third kappa shape index (κ3) is 3.30. The molecule has 0 saturated carbocycles. The van der Waals surface area contributed by atoms with Gasteiger partial charge in [-0.1, -0.05) is 6.07 Å². The summed E-state index contributed by atoms with van der Waals surface area (Å²) in [5.41, 5.74) is 0.565. The van der Waals surface area contributed by atoms with E-state index in [-0.39, 0.29) is 6.10 Å². The van der Waals surface area contributed by atoms with E-state index in [1.165, 1.54) is 6.42 Å². The molecule has 0 aromatic heterocycles. The van der Waals surface area contributed by atoms with E-state index in [1.54, 1.807) is 6.07 Å². The summed E-state index contributed by atoms with van der Waals surface area (Å²) in [5, 5.41) is 0. The molecule has 92 valence electrons. The van der Waals surface area contributed by atoms with Gasteiger partial charge in [0.1, 0.15) is 12.4 Å². The lowest BCUT2D eigenvalue weighted by molar-refractivity contribution is -0.0113. The van der Waals surface area contributed by atoms with E-state index in [0.717, 1.165) is 30.2 Å². The zero-order valence-electron chi connectivity index (χ0n) is 9.52. The molecule has 2 rings (SSSR count). The van der Waals surface area contributed by atoms with Crippen LogP contribution in [0.4, 0.5) is 0 Å². The van der Waals surface area contributed by atoms with Gasteiger partial charge in [-0.2, -0.15) is 0 Å². The molecule has 0 aliphatic carbocycles. The van der Waals surface area contributed by atoms with Crippen molar-refractivity contribution in [2.75, 3.05) is 13.2 Å². The monoisotopic (exact) mass is 298 g/mol. The van der Waals surface area contributed by atoms with Gasteiger partial charge in [-0.05, 0) is 47.3 Å². The van der Waals surface area contributed by atoms with Gasteiger partial charge in [0.15, 0.2) is 6.29 Å². The highest BCUT2D eigenvalue weighted by Crippen LogP contribution is 2.28. The van der Waals surface area contributed by atoms with E-state index in [1.807, 2.05) is 12.1 Å². The first kappa shape index (κ1) is 12.6. The predicted octanol–water partition coefficient (Wildman–Crippen LogP) is 3.21. The Kier molecular flexibility index (Phi) is 4.57. The third-order valence-electron chi connectivity index (χ3n) is 2.81. The van der Waals surface area contributed by atoms with Crippen LogP contribution in [0.1, 0.15) is 29.6 Å². The second-order valence-electron chi connectivity index (χ2n) is 4.08. The maximum Gasteiger partial charge on any atom is 0.153 e. The average molecular weight is 299 g/mol. The lowest BCUT2D eigenvalue weighted by Gasteiger charge is -2.23. The van der Waals surface area contributed by atoms with Crippen LogP contribution in [0.2, 0.25) is 0 Å². The van der Waals surface area contributed by atoms with Gasteiger partial charge in [0, 0.05) is 6.61 Å². The van der Waals surface area contributed by atoms with Crippen molar-refractivity contribution < 1.29 is 14.3 Å². The molecule has 0 spiro atoms. The van der Waals surface area contributed by atoms with E-state index < -0.39 is 0 Å². The summed E-state index contributed by atoms with van der Waals surface area (Å²) in [5.74, 6) is 0.608. The summed E-state index contributed by atoms with van der Waals surface area (Å²) in [4.78, 5) is 10.9. The van der Waals surface area contributed by atoms with Crippen LogP contribution in [0.5, 0.6) is 5.75 Å². The van der Waals surface area contributed by atoms with E-state index in [2.05, 4.69) is 15.9 Å². The molecule has 1 atom stereocenters. The first-order chi connectivity index (χ1) is 8.31. The number of hydrogen-bond donors (Lipinski definition) is 0. The number of halogens is 1. The van der Waals surface area contributed by atoms with Crippen molar-refractivity contribution in [1.29, 1.82) is 0 Å². The Morgan fingerprint density at radius 1 is 1.47 bits per heavy atom. The van der Waals surface area contributed by atoms with Crippen LogP contribution in [0, 0.1) is 0 Å². The molecule has 1 fully saturated rings. The quantitative estimate of drug-likeness (QED) is 0.801. The van der Waals surface area contributed by atoms with E-state index in [0.29, 0.717) is 17.9 Å². The molecule has 4 heteroatoms. The van der Waals surface area contributed by atoms with Gasteiger partial charge in [-0.15, -0.1) is 0 Å². The van der Waals surface area contributed by atoms with Gasteiger partial charge in [-0.3, -0.25) is 4.79 Å². The Hall–Kier alpha value is -0.870. The molecule has 1 unspecified atom stereocenters. The molecule has 1 aromatic carbocycles. The highest BCUT2D eigenvalue weighted by Gasteiger charge is 2.16. The summed E-state index contributed by atoms with van der Waals surface area (Å²) in [7, 11) is 0. The van der Waals surface area contributed by atoms with Crippen molar-refractivity contribution >= 4 is 22.2 Å². The van der Waals surface area contributed by atoms with Crippen molar-refractivity contribution in [1.82, 2.24) is 0 Å². The largest absolute Gasteiger partial charge is 0.489 e. The molecule has 1 aliphatic heterocycles. The fourth-order valence-corrected chi connectivity index (χ4v) is 2.38. The van der Waals surface area contributed by atoms with E-state index in [4.69, 9.17) is 9.47 Å². The highest BCUT2D eigenvalue weighted by atomic mass is 79.9. The molecule has 1 heterocycles. The Balaban J connectivity index is 2.00. The molecule has 1 aromatic rings. The number of benzene rings is 1. The molecule has 1 aliphatic rings. The molecule has 0 bridgehead atoms. The number of carbonyl (C=O) groups is 1. The van der Waals surface area contributed by atoms with Crippen LogP contribution in [0.15, 0.2) is 22.7 Å². The summed E-state index contributed by atoms with van der Waals surface area (Å²) in [6.45, 7) is 1.31. The van der Waals surface area contributed by atoms with Crippen LogP contribution < -0.4 is 4.74 Å². The minimum absolute atomic E-state index is 0.148. The Morgan fingerprint density at radius 2 is 2.35 bits per heavy atom. The topological polar surface area (TPSA) is 35.5 Å². The number of aldehydes is 1. The SMILES string of the molecule is O=Cc1cccc(Br)c1OCC1CCCCO1. The van der Waals surface area contributed by atoms with Crippen LogP contribution in [0.25, 0.3) is 0 Å². The second-order valence-corrected chi connectivity index (χ2v) is 4.93. The lowest BCUT2D eigenvalue weighted by atomic mass is 10.1. The van der Waals surface area contributed by atoms with Crippen LogP contribution in [-0.2, 0) is 4.74 Å². The van der Waals surface area contributed by atoms with Gasteiger partial charge in [-0.25, -0.2) is 0 Å². The van der Waals surface area contributed by atoms with Gasteiger partial charge in [0.2, 0.25) is 0 Å². The molecular formula is C13H15BrO3. The zero-order chi connectivity index (χ0) is 12.1. The first-order valence-corrected chi connectivity index (χ1v) is 6.58. The second kappa shape index (κ2) is 6.17. The van der Waals surface area contributed by atoms with Gasteiger partial charge >= 0.3 is 0 Å². The Labute approximate surface area is 109 Å². The molecule has 0 radical (unpaired) electrons. The van der Waals surface area contributed by atoms with Crippen LogP contribution in [0.3, 0.4) is 0 Å². The van der Waals surface area contributed by atoms with Crippen molar-refractivity contribution in [3.63, 3.8) is 0 Å². The van der Waals surface area contributed by atoms with Crippen molar-refractivity contribution in [2.24, 2.45) is 0 Å². The minimum Gasteiger partial charge on any atom is -0.489 e. The Morgan fingerprint density at radius 3 is 3.06 bits per heavy atom. The summed E-state index contributed by atoms with van der Waals surface area (Å²) in [6.07, 6.45) is 4.30. The normalized spacial score (nSPS) is 19.9. The number of rotatable bonds is 4. The van der Waals surface area contributed by atoms with Crippen molar-refractivity contribution in [2.45, 2.75) is 25.4 Å². The van der Waals surface area contributed by atoms with Crippen LogP contribution in [-0.4, -0.2) is 25.6 Å². The molecule has 17 heavy (non-hydrogen) atoms. The number of para-hydroxylation sites is 1. The van der Waals surface area contributed by atoms with Crippen molar-refractivity contribution in [3.8, 4) is 5.75 Å². The van der Waals surface area contributed by atoms with Gasteiger partial charge in [0.25, 0.3) is 0 Å². The number of ether oxygens (including phenoxy) is 2. The Bertz CT molecular complexity index is 386. The third-order valence-corrected chi connectivity index (χ3v) is 3.44. The number of hydrogen-bond acceptors (Lipinski definition) is 3. The predicted molar refractivity (Wildman–Crippen MR) is 68.6 cm³/mol. The van der Waals surface area contributed by atoms with Crippen molar-refractivity contribution in [3.05, 3.63) is 28.2 Å². The van der Waals surface area contributed by atoms with E-state index >= 15 is 0 Å². The summed E-state index contributed by atoms with van der Waals surface area (Å²) in [6, 6.07) is 5.43. The zero-order valence-corrected chi connectivity index (χ0v) is 11.1. The van der Waals surface area contributed by atoms with Gasteiger partial charge in [0.05, 0.1) is 16.1 Å². The molecule has 3 nitrogen and oxygen atoms in total. The first-order valence-electron chi connectivity index (χ1n) is 5.79. The maximum absolute atomic E-state index is 10.9. The van der Waals surface area contributed by atoms with Gasteiger partial charge < -0.3 is 9.47 Å². The van der Waals surface area contributed by atoms with E-state index in [9.17, 15) is 4.79 Å².